The van der Waals surface area contributed by atoms with Gasteiger partial charge in [0, 0.05) is 6.42 Å². The number of aliphatic imine (C=N–C) groups is 1. The molecule has 0 aliphatic heterocycles. The summed E-state index contributed by atoms with van der Waals surface area (Å²) in [6.45, 7) is 4.42. The van der Waals surface area contributed by atoms with Gasteiger partial charge in [0.25, 0.3) is 6.26 Å². The highest BCUT2D eigenvalue weighted by Gasteiger charge is 2.20. The highest BCUT2D eigenvalue weighted by molar-refractivity contribution is 5.77. The van der Waals surface area contributed by atoms with E-state index in [-0.39, 0.29) is 6.42 Å². The minimum atomic E-state index is -0.943. The number of hydrogen-bond donors (Lipinski definition) is 0. The number of rotatable bonds is 22. The summed E-state index contributed by atoms with van der Waals surface area (Å²) in [5.41, 5.74) is 1.54. The summed E-state index contributed by atoms with van der Waals surface area (Å²) in [7, 11) is 0. The van der Waals surface area contributed by atoms with Crippen LogP contribution in [-0.2, 0) is 20.7 Å². The van der Waals surface area contributed by atoms with E-state index in [0.29, 0.717) is 12.4 Å². The summed E-state index contributed by atoms with van der Waals surface area (Å²) in [6, 6.07) is 4.34. The number of nitriles is 1. The normalized spacial score (nSPS) is 11.4. The van der Waals surface area contributed by atoms with Gasteiger partial charge in [-0.15, -0.1) is 5.26 Å². The van der Waals surface area contributed by atoms with Gasteiger partial charge >= 0.3 is 5.97 Å². The van der Waals surface area contributed by atoms with Crippen molar-refractivity contribution >= 4 is 12.0 Å². The fourth-order valence-corrected chi connectivity index (χ4v) is 4.32. The Morgan fingerprint density at radius 3 is 1.92 bits per heavy atom. The first-order chi connectivity index (χ1) is 17.6. The molecule has 200 valence electrons. The molecule has 1 atom stereocenters. The molecule has 0 amide bonds. The largest absolute Gasteiger partial charge is 0.464 e. The molecular weight excluding hydrogens is 452 g/mol. The van der Waals surface area contributed by atoms with Crippen molar-refractivity contribution in [3.05, 3.63) is 29.3 Å². The topological polar surface area (TPSA) is 88.8 Å². The molecule has 0 bridgehead atoms. The molecule has 0 spiro atoms. The number of nitrogens with zero attached hydrogens (tertiary/aromatic N) is 2. The Bertz CT molecular complexity index is 812. The second-order valence-electron chi connectivity index (χ2n) is 9.70. The maximum atomic E-state index is 12.4. The number of carbonyl (C=O) groups excluding carboxylic acids is 2. The first-order valence-corrected chi connectivity index (χ1v) is 14.0. The molecule has 0 N–H and O–H groups in total. The Balaban J connectivity index is 2.08. The lowest BCUT2D eigenvalue weighted by molar-refractivity contribution is -0.145. The fourth-order valence-electron chi connectivity index (χ4n) is 4.32. The molecule has 0 saturated carbocycles. The van der Waals surface area contributed by atoms with E-state index in [1.54, 1.807) is 18.4 Å². The van der Waals surface area contributed by atoms with E-state index in [4.69, 9.17) is 14.7 Å². The lowest BCUT2D eigenvalue weighted by Gasteiger charge is -2.12. The van der Waals surface area contributed by atoms with E-state index in [1.807, 2.05) is 13.0 Å². The molecule has 0 saturated heterocycles. The zero-order valence-electron chi connectivity index (χ0n) is 22.6. The third-order valence-electron chi connectivity index (χ3n) is 6.56. The summed E-state index contributed by atoms with van der Waals surface area (Å²) < 4.78 is 10.3. The van der Waals surface area contributed by atoms with Crippen LogP contribution < -0.4 is 4.74 Å². The van der Waals surface area contributed by atoms with Gasteiger partial charge in [-0.25, -0.2) is 9.59 Å². The number of aryl methyl sites for hydroxylation is 1. The quantitative estimate of drug-likeness (QED) is 0.0533. The third kappa shape index (κ3) is 15.4. The number of esters is 1. The fraction of sp³-hybridized carbons (Fsp3) is 0.700. The Morgan fingerprint density at radius 1 is 0.889 bits per heavy atom. The van der Waals surface area contributed by atoms with Gasteiger partial charge in [0.2, 0.25) is 6.08 Å². The van der Waals surface area contributed by atoms with Gasteiger partial charge in [-0.3, -0.25) is 0 Å². The van der Waals surface area contributed by atoms with Crippen LogP contribution in [0.2, 0.25) is 0 Å². The molecule has 0 aromatic heterocycles. The smallest absolute Gasteiger partial charge is 0.332 e. The minimum absolute atomic E-state index is 0.190. The van der Waals surface area contributed by atoms with Crippen LogP contribution in [0.25, 0.3) is 0 Å². The number of ether oxygens (including phenoxy) is 2. The zero-order valence-corrected chi connectivity index (χ0v) is 22.6. The first kappa shape index (κ1) is 31.4. The lowest BCUT2D eigenvalue weighted by Crippen LogP contribution is -2.24. The molecule has 36 heavy (non-hydrogen) atoms. The maximum absolute atomic E-state index is 12.4. The maximum Gasteiger partial charge on any atom is 0.332 e. The van der Waals surface area contributed by atoms with Crippen molar-refractivity contribution in [2.45, 2.75) is 129 Å². The Morgan fingerprint density at radius 2 is 1.42 bits per heavy atom. The van der Waals surface area contributed by atoms with Crippen molar-refractivity contribution in [2.75, 3.05) is 6.61 Å². The van der Waals surface area contributed by atoms with Gasteiger partial charge in [-0.05, 0) is 30.5 Å². The molecule has 1 unspecified atom stereocenters. The molecule has 0 heterocycles. The number of unbranched alkanes of at least 4 members (excludes halogenated alkanes) is 15. The number of isocyanates is 1. The van der Waals surface area contributed by atoms with Crippen molar-refractivity contribution in [1.82, 2.24) is 0 Å². The summed E-state index contributed by atoms with van der Waals surface area (Å²) in [4.78, 5) is 26.8. The van der Waals surface area contributed by atoms with Crippen LogP contribution in [0.5, 0.6) is 5.75 Å². The molecule has 1 rings (SSSR count). The Labute approximate surface area is 218 Å². The van der Waals surface area contributed by atoms with Crippen molar-refractivity contribution < 1.29 is 19.1 Å². The second-order valence-corrected chi connectivity index (χ2v) is 9.70. The van der Waals surface area contributed by atoms with Gasteiger partial charge in [0.1, 0.15) is 5.75 Å². The minimum Gasteiger partial charge on any atom is -0.464 e. The molecule has 6 nitrogen and oxygen atoms in total. The van der Waals surface area contributed by atoms with E-state index in [2.05, 4.69) is 11.9 Å². The van der Waals surface area contributed by atoms with E-state index < -0.39 is 12.0 Å². The summed E-state index contributed by atoms with van der Waals surface area (Å²) in [5.74, 6) is -0.104. The van der Waals surface area contributed by atoms with E-state index in [1.165, 1.54) is 89.6 Å². The van der Waals surface area contributed by atoms with Crippen molar-refractivity contribution in [2.24, 2.45) is 4.99 Å². The standard InChI is InChI=1S/C30H46N2O4/c1-3-4-5-6-7-8-9-10-11-12-13-14-15-16-17-18-21-35-30(34)28(32-25-33)22-27-20-19-26(2)29(23-27)36-24-31/h19-20,23,28H,3-18,21-22H2,1-2H3. The van der Waals surface area contributed by atoms with Crippen molar-refractivity contribution in [1.29, 1.82) is 5.26 Å². The molecule has 1 aromatic carbocycles. The summed E-state index contributed by atoms with van der Waals surface area (Å²) >= 11 is 0. The molecule has 1 aromatic rings. The van der Waals surface area contributed by atoms with Gasteiger partial charge in [0.15, 0.2) is 6.04 Å². The van der Waals surface area contributed by atoms with Crippen LogP contribution in [0, 0.1) is 18.4 Å². The van der Waals surface area contributed by atoms with Crippen LogP contribution in [0.4, 0.5) is 0 Å². The average Bonchev–Trinajstić information content (AvgIpc) is 2.87. The van der Waals surface area contributed by atoms with Crippen LogP contribution in [0.3, 0.4) is 0 Å². The summed E-state index contributed by atoms with van der Waals surface area (Å²) in [5, 5.41) is 8.75. The first-order valence-electron chi connectivity index (χ1n) is 14.0. The van der Waals surface area contributed by atoms with Gasteiger partial charge in [0.05, 0.1) is 6.61 Å². The van der Waals surface area contributed by atoms with Crippen LogP contribution in [0.1, 0.15) is 121 Å². The molecular formula is C30H46N2O4. The highest BCUT2D eigenvalue weighted by atomic mass is 16.5. The third-order valence-corrected chi connectivity index (χ3v) is 6.56. The predicted octanol–water partition coefficient (Wildman–Crippen LogP) is 7.91. The van der Waals surface area contributed by atoms with Crippen LogP contribution in [-0.4, -0.2) is 24.7 Å². The monoisotopic (exact) mass is 498 g/mol. The predicted molar refractivity (Wildman–Crippen MR) is 144 cm³/mol. The van der Waals surface area contributed by atoms with E-state index in [0.717, 1.165) is 30.4 Å². The number of hydrogen-bond acceptors (Lipinski definition) is 6. The van der Waals surface area contributed by atoms with Crippen molar-refractivity contribution in [3.8, 4) is 12.0 Å². The molecule has 0 aliphatic rings. The van der Waals surface area contributed by atoms with E-state index in [9.17, 15) is 9.59 Å². The lowest BCUT2D eigenvalue weighted by atomic mass is 10.0. The molecule has 0 fully saturated rings. The van der Waals surface area contributed by atoms with Crippen LogP contribution >= 0.6 is 0 Å². The van der Waals surface area contributed by atoms with Crippen molar-refractivity contribution in [3.63, 3.8) is 0 Å². The molecule has 6 heteroatoms. The Hall–Kier alpha value is -2.64. The van der Waals surface area contributed by atoms with Gasteiger partial charge in [-0.2, -0.15) is 4.99 Å². The van der Waals surface area contributed by atoms with Gasteiger partial charge < -0.3 is 9.47 Å². The second kappa shape index (κ2) is 21.6. The number of benzene rings is 1. The number of carbonyl (C=O) groups is 1. The molecule has 0 aliphatic carbocycles. The Kier molecular flexibility index (Phi) is 18.9. The van der Waals surface area contributed by atoms with Crippen LogP contribution in [0.15, 0.2) is 23.2 Å². The average molecular weight is 499 g/mol. The SMILES string of the molecule is CCCCCCCCCCCCCCCCCCOC(=O)C(Cc1ccc(C)c(OC#N)c1)N=C=O. The molecule has 0 radical (unpaired) electrons. The highest BCUT2D eigenvalue weighted by Crippen LogP contribution is 2.21. The summed E-state index contributed by atoms with van der Waals surface area (Å²) in [6.07, 6.45) is 23.9. The zero-order chi connectivity index (χ0) is 26.3. The van der Waals surface area contributed by atoms with E-state index >= 15 is 0 Å². The van der Waals surface area contributed by atoms with Gasteiger partial charge in [-0.1, -0.05) is 115 Å².